The Labute approximate surface area is 112 Å². The molecule has 0 aliphatic carbocycles. The molecule has 1 aromatic rings. The van der Waals surface area contributed by atoms with E-state index in [9.17, 15) is 9.59 Å². The molecule has 1 heterocycles. The Morgan fingerprint density at radius 3 is 2.68 bits per heavy atom. The highest BCUT2D eigenvalue weighted by molar-refractivity contribution is 5.89. The smallest absolute Gasteiger partial charge is 0.410 e. The average Bonchev–Trinajstić information content (AvgIpc) is 2.78. The van der Waals surface area contributed by atoms with Gasteiger partial charge in [0.2, 0.25) is 0 Å². The van der Waals surface area contributed by atoms with E-state index in [0.29, 0.717) is 12.1 Å². The summed E-state index contributed by atoms with van der Waals surface area (Å²) < 4.78 is 10.3. The molecule has 1 aliphatic heterocycles. The average molecular weight is 263 g/mol. The summed E-state index contributed by atoms with van der Waals surface area (Å²) in [7, 11) is 0. The molecule has 0 aromatic heterocycles. The first kappa shape index (κ1) is 13.4. The van der Waals surface area contributed by atoms with E-state index in [0.717, 1.165) is 0 Å². The van der Waals surface area contributed by atoms with Crippen LogP contribution in [0.1, 0.15) is 24.2 Å². The highest BCUT2D eigenvalue weighted by Gasteiger charge is 2.33. The maximum Gasteiger partial charge on any atom is 0.410 e. The summed E-state index contributed by atoms with van der Waals surface area (Å²) in [6.45, 7) is 4.38. The molecule has 1 amide bonds. The third-order valence-corrected chi connectivity index (χ3v) is 2.94. The van der Waals surface area contributed by atoms with E-state index in [-0.39, 0.29) is 24.8 Å². The standard InChI is InChI=1S/C14H17NO4/c1-10(2)15-8-12(19-14(15)17)9-18-13(16)11-6-4-3-5-7-11/h3-7,10,12H,8-9H2,1-2H3/t12-/m0/s1. The predicted octanol–water partition coefficient (Wildman–Crippen LogP) is 2.07. The molecule has 2 rings (SSSR count). The van der Waals surface area contributed by atoms with E-state index in [4.69, 9.17) is 9.47 Å². The number of cyclic esters (lactones) is 1. The molecule has 0 saturated carbocycles. The maximum absolute atomic E-state index is 11.7. The van der Waals surface area contributed by atoms with Gasteiger partial charge in [0.1, 0.15) is 6.61 Å². The SMILES string of the molecule is CC(C)N1C[C@@H](COC(=O)c2ccccc2)OC1=O. The maximum atomic E-state index is 11.7. The number of hydrogen-bond donors (Lipinski definition) is 0. The minimum absolute atomic E-state index is 0.0855. The lowest BCUT2D eigenvalue weighted by Crippen LogP contribution is -2.32. The predicted molar refractivity (Wildman–Crippen MR) is 68.8 cm³/mol. The monoisotopic (exact) mass is 263 g/mol. The van der Waals surface area contributed by atoms with E-state index < -0.39 is 5.97 Å². The van der Waals surface area contributed by atoms with Gasteiger partial charge in [-0.05, 0) is 26.0 Å². The van der Waals surface area contributed by atoms with Crippen LogP contribution < -0.4 is 0 Å². The Hall–Kier alpha value is -2.04. The second-order valence-electron chi connectivity index (χ2n) is 4.72. The first-order valence-corrected chi connectivity index (χ1v) is 6.27. The van der Waals surface area contributed by atoms with Gasteiger partial charge in [0.15, 0.2) is 6.10 Å². The molecule has 1 saturated heterocycles. The van der Waals surface area contributed by atoms with E-state index in [1.807, 2.05) is 19.9 Å². The first-order chi connectivity index (χ1) is 9.08. The minimum atomic E-state index is -0.403. The van der Waals surface area contributed by atoms with Crippen molar-refractivity contribution < 1.29 is 19.1 Å². The summed E-state index contributed by atoms with van der Waals surface area (Å²) in [5, 5.41) is 0. The largest absolute Gasteiger partial charge is 0.458 e. The fourth-order valence-electron chi connectivity index (χ4n) is 1.88. The molecule has 5 nitrogen and oxygen atoms in total. The fourth-order valence-corrected chi connectivity index (χ4v) is 1.88. The van der Waals surface area contributed by atoms with Crippen LogP contribution in [0.5, 0.6) is 0 Å². The quantitative estimate of drug-likeness (QED) is 0.780. The highest BCUT2D eigenvalue weighted by Crippen LogP contribution is 2.15. The third kappa shape index (κ3) is 3.24. The number of amides is 1. The topological polar surface area (TPSA) is 55.8 Å². The molecule has 102 valence electrons. The zero-order valence-corrected chi connectivity index (χ0v) is 11.0. The van der Waals surface area contributed by atoms with Gasteiger partial charge in [0, 0.05) is 6.04 Å². The van der Waals surface area contributed by atoms with Crippen molar-refractivity contribution >= 4 is 12.1 Å². The first-order valence-electron chi connectivity index (χ1n) is 6.27. The van der Waals surface area contributed by atoms with Gasteiger partial charge in [-0.1, -0.05) is 18.2 Å². The van der Waals surface area contributed by atoms with E-state index in [2.05, 4.69) is 0 Å². The van der Waals surface area contributed by atoms with Crippen LogP contribution in [0.3, 0.4) is 0 Å². The Morgan fingerprint density at radius 1 is 1.42 bits per heavy atom. The Balaban J connectivity index is 1.84. The van der Waals surface area contributed by atoms with Crippen molar-refractivity contribution in [2.45, 2.75) is 26.0 Å². The molecule has 1 fully saturated rings. The van der Waals surface area contributed by atoms with Gasteiger partial charge >= 0.3 is 12.1 Å². The second-order valence-corrected chi connectivity index (χ2v) is 4.72. The Bertz CT molecular complexity index is 458. The molecule has 19 heavy (non-hydrogen) atoms. The van der Waals surface area contributed by atoms with Crippen molar-refractivity contribution in [1.82, 2.24) is 4.90 Å². The van der Waals surface area contributed by atoms with Crippen LogP contribution in [0.15, 0.2) is 30.3 Å². The van der Waals surface area contributed by atoms with Crippen LogP contribution in [-0.4, -0.2) is 42.3 Å². The molecule has 1 aliphatic rings. The zero-order chi connectivity index (χ0) is 13.8. The van der Waals surface area contributed by atoms with Crippen LogP contribution in [0.25, 0.3) is 0 Å². The van der Waals surface area contributed by atoms with Gasteiger partial charge in [-0.3, -0.25) is 0 Å². The number of esters is 1. The van der Waals surface area contributed by atoms with Crippen molar-refractivity contribution in [2.24, 2.45) is 0 Å². The number of carbonyl (C=O) groups excluding carboxylic acids is 2. The normalized spacial score (nSPS) is 18.6. The highest BCUT2D eigenvalue weighted by atomic mass is 16.6. The molecule has 0 N–H and O–H groups in total. The summed E-state index contributed by atoms with van der Waals surface area (Å²) in [6.07, 6.45) is -0.738. The lowest BCUT2D eigenvalue weighted by atomic mass is 10.2. The molecule has 1 atom stereocenters. The van der Waals surface area contributed by atoms with Crippen LogP contribution in [0.4, 0.5) is 4.79 Å². The van der Waals surface area contributed by atoms with Gasteiger partial charge in [-0.15, -0.1) is 0 Å². The molecule has 5 heteroatoms. The van der Waals surface area contributed by atoms with Gasteiger partial charge in [0.25, 0.3) is 0 Å². The van der Waals surface area contributed by atoms with Crippen molar-refractivity contribution in [1.29, 1.82) is 0 Å². The summed E-state index contributed by atoms with van der Waals surface area (Å²) in [5.74, 6) is -0.403. The Morgan fingerprint density at radius 2 is 2.11 bits per heavy atom. The van der Waals surface area contributed by atoms with Crippen molar-refractivity contribution in [3.8, 4) is 0 Å². The third-order valence-electron chi connectivity index (χ3n) is 2.94. The number of ether oxygens (including phenoxy) is 2. The summed E-state index contributed by atoms with van der Waals surface area (Å²) in [4.78, 5) is 24.8. The molecule has 0 unspecified atom stereocenters. The van der Waals surface area contributed by atoms with Gasteiger partial charge in [-0.25, -0.2) is 9.59 Å². The molecular formula is C14H17NO4. The zero-order valence-electron chi connectivity index (χ0n) is 11.0. The van der Waals surface area contributed by atoms with Crippen LogP contribution in [0.2, 0.25) is 0 Å². The molecular weight excluding hydrogens is 246 g/mol. The summed E-state index contributed by atoms with van der Waals surface area (Å²) >= 11 is 0. The summed E-state index contributed by atoms with van der Waals surface area (Å²) in [5.41, 5.74) is 0.493. The lowest BCUT2D eigenvalue weighted by molar-refractivity contribution is 0.0300. The molecule has 0 spiro atoms. The number of rotatable bonds is 4. The lowest BCUT2D eigenvalue weighted by Gasteiger charge is -2.16. The minimum Gasteiger partial charge on any atom is -0.458 e. The van der Waals surface area contributed by atoms with Gasteiger partial charge in [-0.2, -0.15) is 0 Å². The fraction of sp³-hybridized carbons (Fsp3) is 0.429. The van der Waals surface area contributed by atoms with Crippen molar-refractivity contribution in [3.63, 3.8) is 0 Å². The summed E-state index contributed by atoms with van der Waals surface area (Å²) in [6, 6.07) is 8.82. The van der Waals surface area contributed by atoms with E-state index in [1.54, 1.807) is 29.2 Å². The van der Waals surface area contributed by atoms with Crippen LogP contribution >= 0.6 is 0 Å². The Kier molecular flexibility index (Phi) is 4.04. The molecule has 0 bridgehead atoms. The van der Waals surface area contributed by atoms with Crippen molar-refractivity contribution in [3.05, 3.63) is 35.9 Å². The number of nitrogens with zero attached hydrogens (tertiary/aromatic N) is 1. The number of benzene rings is 1. The number of hydrogen-bond acceptors (Lipinski definition) is 4. The van der Waals surface area contributed by atoms with E-state index >= 15 is 0 Å². The van der Waals surface area contributed by atoms with Gasteiger partial charge in [0.05, 0.1) is 12.1 Å². The molecule has 1 aromatic carbocycles. The molecule has 0 radical (unpaired) electrons. The second kappa shape index (κ2) is 5.73. The van der Waals surface area contributed by atoms with Crippen LogP contribution in [0, 0.1) is 0 Å². The van der Waals surface area contributed by atoms with Crippen molar-refractivity contribution in [2.75, 3.05) is 13.2 Å². The van der Waals surface area contributed by atoms with Gasteiger partial charge < -0.3 is 14.4 Å². The van der Waals surface area contributed by atoms with E-state index in [1.165, 1.54) is 0 Å². The number of carbonyl (C=O) groups is 2. The van der Waals surface area contributed by atoms with Crippen LogP contribution in [-0.2, 0) is 9.47 Å².